The molecule has 7 nitrogen and oxygen atoms in total. The van der Waals surface area contributed by atoms with Crippen LogP contribution < -0.4 is 5.32 Å². The molecule has 0 atom stereocenters. The van der Waals surface area contributed by atoms with Crippen molar-refractivity contribution in [2.45, 2.75) is 12.8 Å². The lowest BCUT2D eigenvalue weighted by atomic mass is 10.0. The SMILES string of the molecule is CN1C(=O)/C(=C/c2ccc3nn(C)cc3c2)NC1=NCC1CCOCC1. The van der Waals surface area contributed by atoms with E-state index < -0.39 is 0 Å². The van der Waals surface area contributed by atoms with Crippen molar-refractivity contribution in [3.8, 4) is 0 Å². The molecule has 7 heteroatoms. The van der Waals surface area contributed by atoms with Crippen molar-refractivity contribution < 1.29 is 9.53 Å². The molecule has 0 aliphatic carbocycles. The number of ether oxygens (including phenoxy) is 1. The Labute approximate surface area is 152 Å². The number of likely N-dealkylation sites (N-methyl/N-ethyl adjacent to an activating group) is 1. The first-order chi connectivity index (χ1) is 12.6. The minimum absolute atomic E-state index is 0.0676. The quantitative estimate of drug-likeness (QED) is 0.854. The van der Waals surface area contributed by atoms with Crippen LogP contribution in [0.5, 0.6) is 0 Å². The number of amides is 1. The summed E-state index contributed by atoms with van der Waals surface area (Å²) in [6.45, 7) is 2.33. The van der Waals surface area contributed by atoms with Gasteiger partial charge in [-0.25, -0.2) is 0 Å². The number of hydrogen-bond donors (Lipinski definition) is 1. The van der Waals surface area contributed by atoms with Gasteiger partial charge in [0, 0.05) is 45.4 Å². The molecule has 2 aliphatic heterocycles. The highest BCUT2D eigenvalue weighted by atomic mass is 16.5. The molecule has 1 N–H and O–H groups in total. The number of guanidine groups is 1. The summed E-state index contributed by atoms with van der Waals surface area (Å²) in [6, 6.07) is 5.96. The molecule has 4 rings (SSSR count). The predicted octanol–water partition coefficient (Wildman–Crippen LogP) is 1.76. The molecule has 1 aromatic heterocycles. The Balaban J connectivity index is 1.52. The molecule has 0 spiro atoms. The Hall–Kier alpha value is -2.67. The normalized spacial score (nSPS) is 21.9. The van der Waals surface area contributed by atoms with Crippen molar-refractivity contribution in [1.29, 1.82) is 0 Å². The highest BCUT2D eigenvalue weighted by Gasteiger charge is 2.28. The minimum Gasteiger partial charge on any atom is -0.381 e. The van der Waals surface area contributed by atoms with Crippen LogP contribution in [0.15, 0.2) is 35.1 Å². The van der Waals surface area contributed by atoms with Crippen LogP contribution in [0.2, 0.25) is 0 Å². The summed E-state index contributed by atoms with van der Waals surface area (Å²) in [7, 11) is 3.65. The second-order valence-electron chi connectivity index (χ2n) is 6.89. The number of rotatable bonds is 3. The summed E-state index contributed by atoms with van der Waals surface area (Å²) in [5.41, 5.74) is 2.44. The average Bonchev–Trinajstić information content (AvgIpc) is 3.14. The van der Waals surface area contributed by atoms with Gasteiger partial charge in [-0.2, -0.15) is 5.10 Å². The molecule has 0 radical (unpaired) electrons. The van der Waals surface area contributed by atoms with Gasteiger partial charge in [0.15, 0.2) is 0 Å². The monoisotopic (exact) mass is 353 g/mol. The van der Waals surface area contributed by atoms with E-state index in [0.717, 1.165) is 49.1 Å². The number of carbonyl (C=O) groups is 1. The van der Waals surface area contributed by atoms with Crippen molar-refractivity contribution in [3.63, 3.8) is 0 Å². The maximum Gasteiger partial charge on any atom is 0.276 e. The smallest absolute Gasteiger partial charge is 0.276 e. The molecular weight excluding hydrogens is 330 g/mol. The summed E-state index contributed by atoms with van der Waals surface area (Å²) in [5.74, 6) is 1.08. The maximum atomic E-state index is 12.5. The van der Waals surface area contributed by atoms with Crippen molar-refractivity contribution in [2.24, 2.45) is 18.0 Å². The number of carbonyl (C=O) groups excluding carboxylic acids is 1. The predicted molar refractivity (Wildman–Crippen MR) is 100 cm³/mol. The molecule has 0 saturated carbocycles. The lowest BCUT2D eigenvalue weighted by Crippen LogP contribution is -2.29. The summed E-state index contributed by atoms with van der Waals surface area (Å²) in [6.07, 6.45) is 5.89. The number of benzene rings is 1. The number of aliphatic imine (C=N–C) groups is 1. The van der Waals surface area contributed by atoms with Crippen LogP contribution in [0, 0.1) is 5.92 Å². The third-order valence-corrected chi connectivity index (χ3v) is 4.89. The molecule has 2 aliphatic rings. The fourth-order valence-corrected chi connectivity index (χ4v) is 3.35. The third-order valence-electron chi connectivity index (χ3n) is 4.89. The van der Waals surface area contributed by atoms with Crippen LogP contribution in [0.1, 0.15) is 18.4 Å². The third kappa shape index (κ3) is 3.35. The van der Waals surface area contributed by atoms with E-state index in [1.165, 1.54) is 0 Å². The van der Waals surface area contributed by atoms with Gasteiger partial charge in [-0.15, -0.1) is 0 Å². The van der Waals surface area contributed by atoms with Crippen LogP contribution in [-0.4, -0.2) is 53.4 Å². The number of hydrogen-bond acceptors (Lipinski definition) is 4. The van der Waals surface area contributed by atoms with Crippen LogP contribution in [0.25, 0.3) is 17.0 Å². The van der Waals surface area contributed by atoms with Crippen molar-refractivity contribution >= 4 is 28.8 Å². The van der Waals surface area contributed by atoms with E-state index in [2.05, 4.69) is 15.4 Å². The highest BCUT2D eigenvalue weighted by molar-refractivity contribution is 6.15. The number of fused-ring (bicyclic) bond motifs is 1. The number of aryl methyl sites for hydroxylation is 1. The zero-order valence-electron chi connectivity index (χ0n) is 15.1. The fraction of sp³-hybridized carbons (Fsp3) is 0.421. The van der Waals surface area contributed by atoms with Crippen LogP contribution in [0.3, 0.4) is 0 Å². The molecule has 3 heterocycles. The molecule has 2 saturated heterocycles. The largest absolute Gasteiger partial charge is 0.381 e. The van der Waals surface area contributed by atoms with Crippen molar-refractivity contribution in [3.05, 3.63) is 35.7 Å². The van der Waals surface area contributed by atoms with E-state index in [1.54, 1.807) is 16.6 Å². The van der Waals surface area contributed by atoms with Crippen LogP contribution in [-0.2, 0) is 16.6 Å². The second kappa shape index (κ2) is 6.92. The first kappa shape index (κ1) is 16.8. The van der Waals surface area contributed by atoms with Gasteiger partial charge in [-0.3, -0.25) is 19.4 Å². The zero-order chi connectivity index (χ0) is 18.1. The number of aromatic nitrogens is 2. The van der Waals surface area contributed by atoms with Gasteiger partial charge in [0.1, 0.15) is 5.70 Å². The first-order valence-corrected chi connectivity index (χ1v) is 8.92. The maximum absolute atomic E-state index is 12.5. The van der Waals surface area contributed by atoms with Gasteiger partial charge >= 0.3 is 0 Å². The lowest BCUT2D eigenvalue weighted by molar-refractivity contribution is -0.121. The van der Waals surface area contributed by atoms with Crippen molar-refractivity contribution in [1.82, 2.24) is 20.0 Å². The highest BCUT2D eigenvalue weighted by Crippen LogP contribution is 2.19. The zero-order valence-corrected chi connectivity index (χ0v) is 15.1. The van der Waals surface area contributed by atoms with Gasteiger partial charge in [-0.05, 0) is 42.5 Å². The van der Waals surface area contributed by atoms with E-state index in [9.17, 15) is 4.79 Å². The van der Waals surface area contributed by atoms with E-state index in [4.69, 9.17) is 4.74 Å². The minimum atomic E-state index is -0.0676. The van der Waals surface area contributed by atoms with Gasteiger partial charge in [-0.1, -0.05) is 6.07 Å². The molecule has 0 unspecified atom stereocenters. The second-order valence-corrected chi connectivity index (χ2v) is 6.89. The fourth-order valence-electron chi connectivity index (χ4n) is 3.35. The Kier molecular flexibility index (Phi) is 4.46. The Morgan fingerprint density at radius 2 is 2.15 bits per heavy atom. The summed E-state index contributed by atoms with van der Waals surface area (Å²) in [5, 5.41) is 8.59. The van der Waals surface area contributed by atoms with Gasteiger partial charge in [0.25, 0.3) is 5.91 Å². The molecule has 1 amide bonds. The van der Waals surface area contributed by atoms with E-state index >= 15 is 0 Å². The van der Waals surface area contributed by atoms with E-state index in [0.29, 0.717) is 17.6 Å². The standard InChI is InChI=1S/C19H23N5O2/c1-23-12-15-9-14(3-4-16(15)22-23)10-17-18(25)24(2)19(21-17)20-11-13-5-7-26-8-6-13/h3-4,9-10,12-13H,5-8,11H2,1-2H3,(H,20,21)/b17-10-. The van der Waals surface area contributed by atoms with Gasteiger partial charge in [0.2, 0.25) is 5.96 Å². The number of nitrogens with one attached hydrogen (secondary N) is 1. The lowest BCUT2D eigenvalue weighted by Gasteiger charge is -2.20. The first-order valence-electron chi connectivity index (χ1n) is 8.92. The Bertz CT molecular complexity index is 892. The van der Waals surface area contributed by atoms with Crippen LogP contribution >= 0.6 is 0 Å². The van der Waals surface area contributed by atoms with E-state index in [1.807, 2.05) is 37.5 Å². The van der Waals surface area contributed by atoms with Gasteiger partial charge in [0.05, 0.1) is 5.52 Å². The Morgan fingerprint density at radius 3 is 2.96 bits per heavy atom. The molecular formula is C19H23N5O2. The van der Waals surface area contributed by atoms with Crippen LogP contribution in [0.4, 0.5) is 0 Å². The summed E-state index contributed by atoms with van der Waals surface area (Å²) >= 11 is 0. The molecule has 0 bridgehead atoms. The molecule has 136 valence electrons. The van der Waals surface area contributed by atoms with Crippen molar-refractivity contribution in [2.75, 3.05) is 26.8 Å². The van der Waals surface area contributed by atoms with E-state index in [-0.39, 0.29) is 5.91 Å². The van der Waals surface area contributed by atoms with Gasteiger partial charge < -0.3 is 10.1 Å². The summed E-state index contributed by atoms with van der Waals surface area (Å²) < 4.78 is 7.17. The molecule has 2 aromatic rings. The summed E-state index contributed by atoms with van der Waals surface area (Å²) in [4.78, 5) is 18.7. The molecule has 26 heavy (non-hydrogen) atoms. The Morgan fingerprint density at radius 1 is 1.35 bits per heavy atom. The molecule has 2 fully saturated rings. The topological polar surface area (TPSA) is 71.8 Å². The average molecular weight is 353 g/mol. The number of nitrogens with zero attached hydrogens (tertiary/aromatic N) is 4. The molecule has 1 aromatic carbocycles.